The molecule has 6 nitrogen and oxygen atoms in total. The molecule has 0 aromatic carbocycles. The van der Waals surface area contributed by atoms with E-state index in [0.717, 1.165) is 35.8 Å². The van der Waals surface area contributed by atoms with E-state index in [-0.39, 0.29) is 6.04 Å². The minimum atomic E-state index is -3.47. The predicted molar refractivity (Wildman–Crippen MR) is 87.7 cm³/mol. The second kappa shape index (κ2) is 8.79. The molecule has 1 unspecified atom stereocenters. The summed E-state index contributed by atoms with van der Waals surface area (Å²) >= 11 is 1.51. The van der Waals surface area contributed by atoms with E-state index in [9.17, 15) is 8.42 Å². The van der Waals surface area contributed by atoms with Crippen LogP contribution in [0.25, 0.3) is 0 Å². The zero-order valence-electron chi connectivity index (χ0n) is 13.2. The largest absolute Gasteiger partial charge is 0.317 e. The number of aromatic nitrogens is 1. The van der Waals surface area contributed by atoms with E-state index in [1.807, 2.05) is 13.8 Å². The summed E-state index contributed by atoms with van der Waals surface area (Å²) in [6.45, 7) is 8.17. The van der Waals surface area contributed by atoms with Crippen molar-refractivity contribution in [3.63, 3.8) is 0 Å². The zero-order chi connectivity index (χ0) is 15.9. The summed E-state index contributed by atoms with van der Waals surface area (Å²) in [7, 11) is -1.87. The first-order valence-corrected chi connectivity index (χ1v) is 9.49. The second-order valence-corrected chi connectivity index (χ2v) is 8.15. The monoisotopic (exact) mass is 334 g/mol. The highest BCUT2D eigenvalue weighted by Gasteiger charge is 2.22. The van der Waals surface area contributed by atoms with Crippen molar-refractivity contribution in [3.8, 4) is 0 Å². The molecule has 0 aliphatic heterocycles. The van der Waals surface area contributed by atoms with Gasteiger partial charge in [0.15, 0.2) is 0 Å². The normalized spacial score (nSPS) is 13.8. The Balaban J connectivity index is 2.44. The minimum Gasteiger partial charge on any atom is -0.317 e. The standard InChI is InChI=1S/C13H26N4O2S2/c1-5-7-14-8-6-9-17(4)21(18,19)16-12(3)13-15-10-11(2)20-13/h10,12,14,16H,5-9H2,1-4H3. The van der Waals surface area contributed by atoms with Crippen LogP contribution in [0.3, 0.4) is 0 Å². The lowest BCUT2D eigenvalue weighted by Gasteiger charge is -2.20. The smallest absolute Gasteiger partial charge is 0.279 e. The van der Waals surface area contributed by atoms with Crippen molar-refractivity contribution in [1.29, 1.82) is 0 Å². The highest BCUT2D eigenvalue weighted by molar-refractivity contribution is 7.87. The van der Waals surface area contributed by atoms with Gasteiger partial charge in [-0.25, -0.2) is 4.98 Å². The molecule has 1 rings (SSSR count). The summed E-state index contributed by atoms with van der Waals surface area (Å²) < 4.78 is 28.4. The third-order valence-corrected chi connectivity index (χ3v) is 5.75. The van der Waals surface area contributed by atoms with Gasteiger partial charge >= 0.3 is 0 Å². The Morgan fingerprint density at radius 3 is 2.71 bits per heavy atom. The van der Waals surface area contributed by atoms with Crippen LogP contribution in [-0.4, -0.2) is 44.4 Å². The number of nitrogens with one attached hydrogen (secondary N) is 2. The summed E-state index contributed by atoms with van der Waals surface area (Å²) in [5.41, 5.74) is 0. The van der Waals surface area contributed by atoms with Crippen LogP contribution in [0.5, 0.6) is 0 Å². The Bertz CT molecular complexity index is 516. The molecule has 0 bridgehead atoms. The van der Waals surface area contributed by atoms with E-state index < -0.39 is 10.2 Å². The molecule has 21 heavy (non-hydrogen) atoms. The van der Waals surface area contributed by atoms with Crippen LogP contribution in [0.1, 0.15) is 42.6 Å². The molecule has 0 saturated heterocycles. The van der Waals surface area contributed by atoms with Gasteiger partial charge in [-0.1, -0.05) is 6.92 Å². The van der Waals surface area contributed by atoms with Gasteiger partial charge in [0.05, 0.1) is 6.04 Å². The van der Waals surface area contributed by atoms with Crippen molar-refractivity contribution in [2.75, 3.05) is 26.7 Å². The molecule has 1 atom stereocenters. The predicted octanol–water partition coefficient (Wildman–Crippen LogP) is 1.67. The van der Waals surface area contributed by atoms with Crippen LogP contribution in [0, 0.1) is 6.92 Å². The summed E-state index contributed by atoms with van der Waals surface area (Å²) in [6.07, 6.45) is 3.64. The van der Waals surface area contributed by atoms with E-state index in [4.69, 9.17) is 0 Å². The molecular weight excluding hydrogens is 308 g/mol. The van der Waals surface area contributed by atoms with Crippen LogP contribution in [0.4, 0.5) is 0 Å². The van der Waals surface area contributed by atoms with Crippen molar-refractivity contribution in [2.45, 2.75) is 39.7 Å². The summed E-state index contributed by atoms with van der Waals surface area (Å²) in [5.74, 6) is 0. The Labute approximate surface area is 132 Å². The molecule has 2 N–H and O–H groups in total. The van der Waals surface area contributed by atoms with Crippen LogP contribution in [-0.2, 0) is 10.2 Å². The van der Waals surface area contributed by atoms with Crippen LogP contribution in [0.15, 0.2) is 6.20 Å². The molecule has 1 aromatic heterocycles. The topological polar surface area (TPSA) is 74.3 Å². The zero-order valence-corrected chi connectivity index (χ0v) is 14.9. The first kappa shape index (κ1) is 18.5. The average molecular weight is 335 g/mol. The Kier molecular flexibility index (Phi) is 7.75. The van der Waals surface area contributed by atoms with E-state index in [2.05, 4.69) is 21.9 Å². The fourth-order valence-electron chi connectivity index (χ4n) is 1.78. The Hall–Kier alpha value is -0.540. The van der Waals surface area contributed by atoms with E-state index in [1.165, 1.54) is 15.6 Å². The van der Waals surface area contributed by atoms with E-state index in [1.54, 1.807) is 13.2 Å². The lowest BCUT2D eigenvalue weighted by atomic mass is 10.4. The van der Waals surface area contributed by atoms with Crippen molar-refractivity contribution in [1.82, 2.24) is 19.3 Å². The maximum atomic E-state index is 12.2. The maximum absolute atomic E-state index is 12.2. The first-order valence-electron chi connectivity index (χ1n) is 7.23. The van der Waals surface area contributed by atoms with Gasteiger partial charge in [-0.2, -0.15) is 17.4 Å². The van der Waals surface area contributed by atoms with Gasteiger partial charge < -0.3 is 5.32 Å². The quantitative estimate of drug-likeness (QED) is 0.638. The molecule has 0 radical (unpaired) electrons. The fourth-order valence-corrected chi connectivity index (χ4v) is 3.74. The number of nitrogens with zero attached hydrogens (tertiary/aromatic N) is 2. The van der Waals surface area contributed by atoms with Gasteiger partial charge in [0.2, 0.25) is 0 Å². The number of hydrogen-bond acceptors (Lipinski definition) is 5. The Morgan fingerprint density at radius 2 is 2.14 bits per heavy atom. The molecule has 8 heteroatoms. The van der Waals surface area contributed by atoms with Gasteiger partial charge in [-0.15, -0.1) is 11.3 Å². The van der Waals surface area contributed by atoms with Crippen molar-refractivity contribution < 1.29 is 8.42 Å². The van der Waals surface area contributed by atoms with E-state index >= 15 is 0 Å². The van der Waals surface area contributed by atoms with Crippen molar-refractivity contribution in [3.05, 3.63) is 16.1 Å². The van der Waals surface area contributed by atoms with Gasteiger partial charge in [0.25, 0.3) is 10.2 Å². The number of hydrogen-bond donors (Lipinski definition) is 2. The second-order valence-electron chi connectivity index (χ2n) is 5.08. The number of rotatable bonds is 10. The maximum Gasteiger partial charge on any atom is 0.279 e. The molecule has 0 aliphatic rings. The molecule has 0 saturated carbocycles. The third-order valence-electron chi connectivity index (χ3n) is 3.00. The SMILES string of the molecule is CCCNCCCN(C)S(=O)(=O)NC(C)c1ncc(C)s1. The molecule has 122 valence electrons. The summed E-state index contributed by atoms with van der Waals surface area (Å²) in [4.78, 5) is 5.29. The van der Waals surface area contributed by atoms with Gasteiger partial charge in [0.1, 0.15) is 5.01 Å². The summed E-state index contributed by atoms with van der Waals surface area (Å²) in [6, 6.07) is -0.311. The molecule has 0 aliphatic carbocycles. The third kappa shape index (κ3) is 6.39. The highest BCUT2D eigenvalue weighted by atomic mass is 32.2. The van der Waals surface area contributed by atoms with Gasteiger partial charge in [-0.3, -0.25) is 0 Å². The fraction of sp³-hybridized carbons (Fsp3) is 0.769. The van der Waals surface area contributed by atoms with Gasteiger partial charge in [0, 0.05) is 24.7 Å². The number of aryl methyl sites for hydroxylation is 1. The highest BCUT2D eigenvalue weighted by Crippen LogP contribution is 2.19. The Morgan fingerprint density at radius 1 is 1.43 bits per heavy atom. The summed E-state index contributed by atoms with van der Waals surface area (Å²) in [5, 5.41) is 4.05. The molecule has 0 fully saturated rings. The molecular formula is C13H26N4O2S2. The van der Waals surface area contributed by atoms with Crippen LogP contribution < -0.4 is 10.0 Å². The lowest BCUT2D eigenvalue weighted by Crippen LogP contribution is -2.40. The van der Waals surface area contributed by atoms with E-state index in [0.29, 0.717) is 6.54 Å². The van der Waals surface area contributed by atoms with Crippen LogP contribution >= 0.6 is 11.3 Å². The van der Waals surface area contributed by atoms with Crippen LogP contribution in [0.2, 0.25) is 0 Å². The van der Waals surface area contributed by atoms with Crippen molar-refractivity contribution >= 4 is 21.5 Å². The molecule has 0 spiro atoms. The minimum absolute atomic E-state index is 0.311. The van der Waals surface area contributed by atoms with Gasteiger partial charge in [-0.05, 0) is 39.8 Å². The molecule has 1 aromatic rings. The lowest BCUT2D eigenvalue weighted by molar-refractivity contribution is 0.438. The molecule has 1 heterocycles. The first-order chi connectivity index (χ1) is 9.86. The molecule has 0 amide bonds. The number of thiazole rings is 1. The average Bonchev–Trinajstić information content (AvgIpc) is 2.84. The van der Waals surface area contributed by atoms with Crippen molar-refractivity contribution in [2.24, 2.45) is 0 Å².